The fourth-order valence-corrected chi connectivity index (χ4v) is 0.815. The van der Waals surface area contributed by atoms with Crippen molar-refractivity contribution >= 4 is 5.97 Å². The number of hydrogen-bond donors (Lipinski definition) is 1. The number of phenolic OH excluding ortho intramolecular Hbond substituents is 1. The zero-order chi connectivity index (χ0) is 11.9. The van der Waals surface area contributed by atoms with Crippen LogP contribution in [0.2, 0.25) is 0 Å². The second kappa shape index (κ2) is 6.84. The zero-order valence-corrected chi connectivity index (χ0v) is 16.4. The van der Waals surface area contributed by atoms with Gasteiger partial charge in [-0.2, -0.15) is 0 Å². The molecule has 0 aliphatic carbocycles. The Kier molecular flexibility index (Phi) is 6.80. The number of likely N-dealkylation sites (N-methyl/N-ethyl adjacent to an activating group) is 1. The molecule has 0 bridgehead atoms. The Hall–Kier alpha value is -2.55. The van der Waals surface area contributed by atoms with E-state index >= 15 is 0 Å². The van der Waals surface area contributed by atoms with Crippen molar-refractivity contribution in [3.63, 3.8) is 0 Å². The first-order valence-electron chi connectivity index (χ1n) is 4.55. The monoisotopic (exact) mass is 478 g/mol. The Labute approximate surface area is 90.0 Å². The number of phenols is 1. The molecule has 5 heteroatoms. The van der Waals surface area contributed by atoms with E-state index in [-0.39, 0.29) is 6.54 Å². The SMILES string of the molecule is C[N+](C)(C)CC(=O)[O-].Oc1ccccc1.[Rf]. The van der Waals surface area contributed by atoms with Crippen LogP contribution in [0.3, 0.4) is 0 Å². The van der Waals surface area contributed by atoms with E-state index in [1.165, 1.54) is 0 Å². The molecule has 1 N–H and O–H groups in total. The van der Waals surface area contributed by atoms with E-state index in [0.29, 0.717) is 10.2 Å². The Morgan fingerprint density at radius 3 is 1.81 bits per heavy atom. The molecule has 1 aromatic rings. The van der Waals surface area contributed by atoms with Crippen molar-refractivity contribution in [2.45, 2.75) is 0 Å². The molecule has 4 nitrogen and oxygen atoms in total. The number of hydrogen-bond acceptors (Lipinski definition) is 3. The molecule has 0 unspecified atom stereocenters. The van der Waals surface area contributed by atoms with E-state index in [2.05, 4.69) is 0 Å². The Morgan fingerprint density at radius 2 is 1.69 bits per heavy atom. The molecule has 0 atom stereocenters. The molecule has 0 radical (unpaired) electrons. The quantitative estimate of drug-likeness (QED) is 0.602. The van der Waals surface area contributed by atoms with Gasteiger partial charge in [-0.1, -0.05) is 18.2 Å². The topological polar surface area (TPSA) is 60.4 Å². The summed E-state index contributed by atoms with van der Waals surface area (Å²) in [5.41, 5.74) is 0. The van der Waals surface area contributed by atoms with Crippen LogP contribution in [0, 0.1) is 0 Å². The molecule has 1 aromatic carbocycles. The minimum absolute atomic E-state index is 0. The minimum Gasteiger partial charge on any atom is -0.544 e. The third-order valence-corrected chi connectivity index (χ3v) is 1.36. The molecule has 0 fully saturated rings. The summed E-state index contributed by atoms with van der Waals surface area (Å²) in [5, 5.41) is 18.5. The number of carbonyl (C=O) groups is 1. The zero-order valence-electron chi connectivity index (χ0n) is 10.0. The standard InChI is InChI=1S/C6H6O.C5H11NO2.Rf/c7-6-4-2-1-3-5-6;1-6(2,3)4-5(7)8;/h1-5,7H;4H2,1-3H3;. The van der Waals surface area contributed by atoms with E-state index in [9.17, 15) is 9.90 Å². The van der Waals surface area contributed by atoms with E-state index < -0.39 is 5.97 Å². The number of carboxylic acid groups (broad SMARTS) is 1. The van der Waals surface area contributed by atoms with Crippen LogP contribution < -0.4 is 5.11 Å². The largest absolute Gasteiger partial charge is 0.544 e. The van der Waals surface area contributed by atoms with Gasteiger partial charge in [-0.15, -0.1) is 0 Å². The van der Waals surface area contributed by atoms with Crippen molar-refractivity contribution in [2.24, 2.45) is 0 Å². The molecule has 0 saturated heterocycles. The third kappa shape index (κ3) is 11.4. The summed E-state index contributed by atoms with van der Waals surface area (Å²) < 4.78 is 0.419. The van der Waals surface area contributed by atoms with Gasteiger partial charge in [0, 0.05) is 0 Å². The first-order chi connectivity index (χ1) is 6.81. The first kappa shape index (κ1) is 15.9. The van der Waals surface area contributed by atoms with Gasteiger partial charge in [-0.05, 0) is 12.1 Å². The molecule has 0 aliphatic rings. The smallest absolute Gasteiger partial charge is 0.118 e. The summed E-state index contributed by atoms with van der Waals surface area (Å²) in [7, 11) is 5.40. The van der Waals surface area contributed by atoms with Crippen LogP contribution in [0.15, 0.2) is 30.3 Å². The van der Waals surface area contributed by atoms with E-state index in [1.54, 1.807) is 45.4 Å². The molecule has 16 heavy (non-hydrogen) atoms. The minimum atomic E-state index is -1.00. The van der Waals surface area contributed by atoms with Gasteiger partial charge < -0.3 is 19.5 Å². The van der Waals surface area contributed by atoms with Crippen LogP contribution in [0.25, 0.3) is 0 Å². The summed E-state index contributed by atoms with van der Waals surface area (Å²) in [6.45, 7) is 0.0694. The van der Waals surface area contributed by atoms with Crippen LogP contribution >= 0.6 is 0 Å². The van der Waals surface area contributed by atoms with Gasteiger partial charge in [0.15, 0.2) is 0 Å². The van der Waals surface area contributed by atoms with Crippen molar-refractivity contribution in [2.75, 3.05) is 27.7 Å². The third-order valence-electron chi connectivity index (χ3n) is 1.36. The summed E-state index contributed by atoms with van der Waals surface area (Å²) in [5.74, 6) is -0.681. The van der Waals surface area contributed by atoms with E-state index in [1.807, 2.05) is 6.07 Å². The molecule has 0 aromatic heterocycles. The average molecular weight is 478 g/mol. The fourth-order valence-electron chi connectivity index (χ4n) is 0.815. The maximum Gasteiger partial charge on any atom is 0.118 e. The number of carboxylic acids is 1. The number of nitrogens with zero attached hydrogens (tertiary/aromatic N) is 1. The second-order valence-corrected chi connectivity index (χ2v) is 4.16. The number of para-hydroxylation sites is 1. The van der Waals surface area contributed by atoms with E-state index in [0.717, 1.165) is 0 Å². The molecular formula is C11H17NO3Rf. The van der Waals surface area contributed by atoms with Crippen molar-refractivity contribution in [1.82, 2.24) is 0 Å². The van der Waals surface area contributed by atoms with Crippen LogP contribution in [-0.2, 0) is 4.79 Å². The number of benzene rings is 1. The average Bonchev–Trinajstić information content (AvgIpc) is 2.01. The normalized spacial score (nSPS) is 9.44. The van der Waals surface area contributed by atoms with Crippen molar-refractivity contribution in [3.8, 4) is 5.75 Å². The van der Waals surface area contributed by atoms with Gasteiger partial charge >= 0.3 is 0 Å². The molecule has 86 valence electrons. The van der Waals surface area contributed by atoms with Crippen LogP contribution in [0.1, 0.15) is 0 Å². The van der Waals surface area contributed by atoms with Gasteiger partial charge in [0.05, 0.1) is 27.1 Å². The van der Waals surface area contributed by atoms with Gasteiger partial charge in [0.25, 0.3) is 0 Å². The van der Waals surface area contributed by atoms with E-state index in [4.69, 9.17) is 5.11 Å². The van der Waals surface area contributed by atoms with Crippen LogP contribution in [0.4, 0.5) is 0 Å². The van der Waals surface area contributed by atoms with Gasteiger partial charge in [0.1, 0.15) is 12.3 Å². The van der Waals surface area contributed by atoms with Gasteiger partial charge in [0.2, 0.25) is 0 Å². The Balaban J connectivity index is 0. The van der Waals surface area contributed by atoms with Crippen LogP contribution in [-0.4, -0.2) is 43.2 Å². The second-order valence-electron chi connectivity index (χ2n) is 4.16. The number of carbonyl (C=O) groups excluding carboxylic acids is 1. The summed E-state index contributed by atoms with van der Waals surface area (Å²) in [6, 6.07) is 8.71. The molecular weight excluding hydrogens is 461 g/mol. The fraction of sp³-hybridized carbons (Fsp3) is 0.364. The Bertz CT molecular complexity index is 296. The van der Waals surface area contributed by atoms with Crippen molar-refractivity contribution in [3.05, 3.63) is 30.3 Å². The molecule has 0 saturated carbocycles. The van der Waals surface area contributed by atoms with Crippen molar-refractivity contribution in [1.29, 1.82) is 0 Å². The van der Waals surface area contributed by atoms with Gasteiger partial charge in [-0.3, -0.25) is 0 Å². The van der Waals surface area contributed by atoms with Crippen molar-refractivity contribution < 1.29 is 19.5 Å². The summed E-state index contributed by atoms with van der Waals surface area (Å²) in [4.78, 5) is 9.89. The molecule has 1 rings (SSSR count). The van der Waals surface area contributed by atoms with Crippen LogP contribution in [0.5, 0.6) is 5.75 Å². The Morgan fingerprint density at radius 1 is 1.25 bits per heavy atom. The summed E-state index contributed by atoms with van der Waals surface area (Å²) in [6.07, 6.45) is 0. The predicted octanol–water partition coefficient (Wildman–Crippen LogP) is -0.165. The molecule has 0 aliphatic heterocycles. The molecule has 0 amide bonds. The number of rotatable bonds is 2. The van der Waals surface area contributed by atoms with Gasteiger partial charge in [-0.25, -0.2) is 0 Å². The molecule has 0 heterocycles. The number of aromatic hydroxyl groups is 1. The maximum atomic E-state index is 9.89. The molecule has 0 spiro atoms. The maximum absolute atomic E-state index is 9.89. The number of quaternary nitrogens is 1. The first-order valence-corrected chi connectivity index (χ1v) is 4.55. The summed E-state index contributed by atoms with van der Waals surface area (Å²) >= 11 is 0. The number of aliphatic carboxylic acids is 1. The predicted molar refractivity (Wildman–Crippen MR) is 56.0 cm³/mol.